The molecule has 3 aliphatic heterocycles. The number of rotatable bonds is 11. The average molecular weight is 578 g/mol. The van der Waals surface area contributed by atoms with Gasteiger partial charge in [0.1, 0.15) is 11.6 Å². The number of halogens is 1. The molecule has 1 aromatic carbocycles. The van der Waals surface area contributed by atoms with Crippen LogP contribution < -0.4 is 0 Å². The molecule has 3 saturated heterocycles. The van der Waals surface area contributed by atoms with Gasteiger partial charge in [0.15, 0.2) is 0 Å². The van der Waals surface area contributed by atoms with Crippen LogP contribution in [0.25, 0.3) is 0 Å². The highest BCUT2D eigenvalue weighted by molar-refractivity contribution is 9.09. The summed E-state index contributed by atoms with van der Waals surface area (Å²) in [6.45, 7) is 10.1. The van der Waals surface area contributed by atoms with Crippen LogP contribution in [0.15, 0.2) is 43.0 Å². The second-order valence-corrected chi connectivity index (χ2v) is 11.8. The molecule has 1 spiro atoms. The van der Waals surface area contributed by atoms with Gasteiger partial charge >= 0.3 is 5.97 Å². The van der Waals surface area contributed by atoms with Crippen LogP contribution in [0, 0.1) is 17.8 Å². The van der Waals surface area contributed by atoms with E-state index in [-0.39, 0.29) is 42.3 Å². The lowest BCUT2D eigenvalue weighted by Crippen LogP contribution is -2.59. The summed E-state index contributed by atoms with van der Waals surface area (Å²) in [5.41, 5.74) is -0.242. The minimum absolute atomic E-state index is 0.175. The van der Waals surface area contributed by atoms with Gasteiger partial charge in [-0.2, -0.15) is 0 Å². The van der Waals surface area contributed by atoms with Crippen molar-refractivity contribution in [1.82, 2.24) is 9.80 Å². The molecule has 9 heteroatoms. The number of nitrogens with zero attached hydrogens (tertiary/aromatic N) is 2. The molecular formula is C28H37BrN2O6. The van der Waals surface area contributed by atoms with E-state index in [0.29, 0.717) is 19.4 Å². The number of carbonyl (C=O) groups excluding carboxylic acids is 3. The van der Waals surface area contributed by atoms with Gasteiger partial charge in [-0.3, -0.25) is 14.4 Å². The van der Waals surface area contributed by atoms with Gasteiger partial charge in [0.05, 0.1) is 37.2 Å². The number of alkyl halides is 1. The van der Waals surface area contributed by atoms with E-state index in [1.807, 2.05) is 44.2 Å². The highest BCUT2D eigenvalue weighted by atomic mass is 79.9. The summed E-state index contributed by atoms with van der Waals surface area (Å²) in [5, 5.41) is 10.4. The Balaban J connectivity index is 1.79. The molecule has 2 amide bonds. The van der Waals surface area contributed by atoms with E-state index in [9.17, 15) is 19.5 Å². The first-order valence-corrected chi connectivity index (χ1v) is 14.0. The number of amides is 2. The third-order valence-corrected chi connectivity index (χ3v) is 8.59. The van der Waals surface area contributed by atoms with Gasteiger partial charge in [-0.05, 0) is 31.2 Å². The highest BCUT2D eigenvalue weighted by Crippen LogP contribution is 2.60. The molecule has 3 fully saturated rings. The monoisotopic (exact) mass is 576 g/mol. The fraction of sp³-hybridized carbons (Fsp3) is 0.607. The van der Waals surface area contributed by atoms with Crippen LogP contribution in [0.5, 0.6) is 0 Å². The third kappa shape index (κ3) is 4.86. The van der Waals surface area contributed by atoms with E-state index in [1.165, 1.54) is 4.90 Å². The number of likely N-dealkylation sites (tertiary alicyclic amines) is 1. The van der Waals surface area contributed by atoms with Crippen LogP contribution in [0.3, 0.4) is 0 Å². The van der Waals surface area contributed by atoms with Crippen molar-refractivity contribution in [3.05, 3.63) is 48.6 Å². The van der Waals surface area contributed by atoms with Crippen molar-refractivity contribution in [1.29, 1.82) is 0 Å². The largest absolute Gasteiger partial charge is 0.466 e. The first-order valence-electron chi connectivity index (χ1n) is 13.0. The number of hydrogen-bond donors (Lipinski definition) is 1. The lowest BCUT2D eigenvalue weighted by molar-refractivity contribution is -0.156. The van der Waals surface area contributed by atoms with Gasteiger partial charge < -0.3 is 24.4 Å². The maximum atomic E-state index is 14.4. The van der Waals surface area contributed by atoms with Gasteiger partial charge in [-0.25, -0.2) is 0 Å². The molecule has 2 bridgehead atoms. The normalized spacial score (nSPS) is 30.9. The Bertz CT molecular complexity index is 1020. The molecule has 0 aromatic heterocycles. The molecule has 7 atom stereocenters. The Morgan fingerprint density at radius 2 is 2.05 bits per heavy atom. The average Bonchev–Trinajstić information content (AvgIpc) is 3.46. The molecule has 3 heterocycles. The molecule has 0 radical (unpaired) electrons. The van der Waals surface area contributed by atoms with E-state index in [1.54, 1.807) is 17.9 Å². The number of benzene rings is 1. The van der Waals surface area contributed by atoms with Crippen molar-refractivity contribution in [2.75, 3.05) is 19.8 Å². The third-order valence-electron chi connectivity index (χ3n) is 7.74. The zero-order valence-corrected chi connectivity index (χ0v) is 23.3. The lowest BCUT2D eigenvalue weighted by Gasteiger charge is -2.39. The molecular weight excluding hydrogens is 540 g/mol. The summed E-state index contributed by atoms with van der Waals surface area (Å²) in [4.78, 5) is 44.7. The molecule has 8 nitrogen and oxygen atoms in total. The smallest absolute Gasteiger partial charge is 0.312 e. The summed E-state index contributed by atoms with van der Waals surface area (Å²) in [5.74, 6) is -2.56. The van der Waals surface area contributed by atoms with Crippen molar-refractivity contribution in [3.8, 4) is 0 Å². The van der Waals surface area contributed by atoms with E-state index in [4.69, 9.17) is 9.47 Å². The topological polar surface area (TPSA) is 96.4 Å². The van der Waals surface area contributed by atoms with E-state index < -0.39 is 41.6 Å². The van der Waals surface area contributed by atoms with Gasteiger partial charge in [0.2, 0.25) is 11.8 Å². The molecule has 0 aliphatic carbocycles. The second-order valence-electron chi connectivity index (χ2n) is 10.6. The highest BCUT2D eigenvalue weighted by Gasteiger charge is 2.77. The van der Waals surface area contributed by atoms with Crippen molar-refractivity contribution < 1.29 is 29.0 Å². The Labute approximate surface area is 227 Å². The maximum Gasteiger partial charge on any atom is 0.312 e. The predicted molar refractivity (Wildman–Crippen MR) is 142 cm³/mol. The molecule has 1 N–H and O–H groups in total. The van der Waals surface area contributed by atoms with Gasteiger partial charge in [0, 0.05) is 17.9 Å². The Kier molecular flexibility index (Phi) is 8.45. The standard InChI is InChI=1S/C28H37BrN2O6/c1-5-12-30(15-18-10-8-7-9-11-18)26(34)24-28-14-20(29)23(37-28)21(27(35)36-6-2)22(28)25(33)31(24)19(16-32)13-17(3)4/h5,7-11,17,19-24,32H,1,6,12-16H2,2-4H3/t19-,20?,21-,22+,23-,24-,28+/m1/s1. The SMILES string of the molecule is C=CCN(Cc1ccccc1)C(=O)[C@H]1N([C@@H](CO)CC(C)C)C(=O)[C@@H]2[C@@H](C(=O)OCC)[C@@H]3O[C@@]21CC3Br. The molecule has 202 valence electrons. The van der Waals surface area contributed by atoms with Crippen molar-refractivity contribution >= 4 is 33.7 Å². The molecule has 3 aliphatic rings. The van der Waals surface area contributed by atoms with Crippen LogP contribution in [-0.2, 0) is 30.4 Å². The maximum absolute atomic E-state index is 14.4. The number of aliphatic hydroxyl groups is 1. The van der Waals surface area contributed by atoms with Crippen LogP contribution in [0.4, 0.5) is 0 Å². The first-order chi connectivity index (χ1) is 17.7. The van der Waals surface area contributed by atoms with Crippen LogP contribution >= 0.6 is 15.9 Å². The van der Waals surface area contributed by atoms with Crippen LogP contribution in [0.2, 0.25) is 0 Å². The van der Waals surface area contributed by atoms with Gasteiger partial charge in [0.25, 0.3) is 0 Å². The van der Waals surface area contributed by atoms with Crippen molar-refractivity contribution in [2.24, 2.45) is 17.8 Å². The fourth-order valence-electron chi connectivity index (χ4n) is 6.43. The Morgan fingerprint density at radius 1 is 1.35 bits per heavy atom. The molecule has 4 rings (SSSR count). The summed E-state index contributed by atoms with van der Waals surface area (Å²) >= 11 is 3.67. The van der Waals surface area contributed by atoms with Crippen molar-refractivity contribution in [3.63, 3.8) is 0 Å². The number of ether oxygens (including phenoxy) is 2. The second kappa shape index (κ2) is 11.3. The van der Waals surface area contributed by atoms with E-state index in [2.05, 4.69) is 22.5 Å². The lowest BCUT2D eigenvalue weighted by atomic mass is 9.70. The number of hydrogen-bond acceptors (Lipinski definition) is 6. The van der Waals surface area contributed by atoms with Crippen LogP contribution in [0.1, 0.15) is 39.2 Å². The summed E-state index contributed by atoms with van der Waals surface area (Å²) in [6, 6.07) is 8.07. The molecule has 1 aromatic rings. The predicted octanol–water partition coefficient (Wildman–Crippen LogP) is 2.92. The van der Waals surface area contributed by atoms with Crippen LogP contribution in [-0.4, -0.2) is 81.1 Å². The minimum Gasteiger partial charge on any atom is -0.466 e. The fourth-order valence-corrected chi connectivity index (χ4v) is 7.38. The zero-order valence-electron chi connectivity index (χ0n) is 21.7. The number of aliphatic hydroxyl groups excluding tert-OH is 1. The quantitative estimate of drug-likeness (QED) is 0.247. The van der Waals surface area contributed by atoms with E-state index >= 15 is 0 Å². The van der Waals surface area contributed by atoms with Crippen molar-refractivity contribution in [2.45, 2.75) is 68.8 Å². The summed E-state index contributed by atoms with van der Waals surface area (Å²) in [6.07, 6.45) is 2.02. The zero-order chi connectivity index (χ0) is 26.9. The number of esters is 1. The summed E-state index contributed by atoms with van der Waals surface area (Å²) in [7, 11) is 0. The van der Waals surface area contributed by atoms with E-state index in [0.717, 1.165) is 5.56 Å². The number of carbonyl (C=O) groups is 3. The molecule has 0 saturated carbocycles. The first kappa shape index (κ1) is 27.8. The van der Waals surface area contributed by atoms with Gasteiger partial charge in [-0.15, -0.1) is 6.58 Å². The van der Waals surface area contributed by atoms with Gasteiger partial charge in [-0.1, -0.05) is 66.2 Å². The summed E-state index contributed by atoms with van der Waals surface area (Å²) < 4.78 is 11.9. The Morgan fingerprint density at radius 3 is 2.65 bits per heavy atom. The minimum atomic E-state index is -1.19. The molecule has 37 heavy (non-hydrogen) atoms. The molecule has 1 unspecified atom stereocenters. The Hall–Kier alpha value is -2.23. The number of fused-ring (bicyclic) bond motifs is 1.